The number of benzene rings is 1. The van der Waals surface area contributed by atoms with Gasteiger partial charge in [0, 0.05) is 49.4 Å². The maximum absolute atomic E-state index is 13.2. The molecule has 1 amide bonds. The molecule has 1 aromatic carbocycles. The van der Waals surface area contributed by atoms with Gasteiger partial charge in [-0.3, -0.25) is 19.7 Å². The number of Topliss-reactive ketones (excluding diaryl/α,β-unsaturated/α-hetero) is 1. The highest BCUT2D eigenvalue weighted by Crippen LogP contribution is 2.41. The molecule has 0 aliphatic carbocycles. The van der Waals surface area contributed by atoms with Gasteiger partial charge >= 0.3 is 6.09 Å². The highest BCUT2D eigenvalue weighted by molar-refractivity contribution is 6.15. The minimum Gasteiger partial charge on any atom is -0.496 e. The molecule has 10 heteroatoms. The molecule has 2 fully saturated rings. The molecule has 2 saturated heterocycles. The highest BCUT2D eigenvalue weighted by atomic mass is 16.5. The van der Waals surface area contributed by atoms with E-state index in [0.717, 1.165) is 23.8 Å². The first-order chi connectivity index (χ1) is 16.5. The topological polar surface area (TPSA) is 121 Å². The summed E-state index contributed by atoms with van der Waals surface area (Å²) in [7, 11) is 1.59. The third-order valence-corrected chi connectivity index (χ3v) is 6.91. The first kappa shape index (κ1) is 20.7. The van der Waals surface area contributed by atoms with E-state index in [2.05, 4.69) is 20.1 Å². The fourth-order valence-corrected chi connectivity index (χ4v) is 5.39. The number of likely N-dealkylation sites (tertiary alicyclic amines) is 1. The Labute approximate surface area is 194 Å². The normalized spacial score (nSPS) is 22.9. The fourth-order valence-electron chi connectivity index (χ4n) is 5.39. The molecule has 0 spiro atoms. The van der Waals surface area contributed by atoms with E-state index in [1.807, 2.05) is 12.1 Å². The number of ketones is 1. The number of rotatable bonds is 4. The predicted molar refractivity (Wildman–Crippen MR) is 122 cm³/mol. The number of carbonyl (C=O) groups excluding carboxylic acids is 1. The molecular weight excluding hydrogens is 438 g/mol. The van der Waals surface area contributed by atoms with Gasteiger partial charge in [-0.25, -0.2) is 9.78 Å². The van der Waals surface area contributed by atoms with Crippen molar-refractivity contribution in [1.29, 1.82) is 0 Å². The third kappa shape index (κ3) is 3.21. The predicted octanol–water partition coefficient (Wildman–Crippen LogP) is 2.91. The van der Waals surface area contributed by atoms with Crippen LogP contribution in [-0.4, -0.2) is 74.2 Å². The number of nitrogens with one attached hydrogen (secondary N) is 1. The van der Waals surface area contributed by atoms with Crippen molar-refractivity contribution in [3.05, 3.63) is 53.0 Å². The summed E-state index contributed by atoms with van der Waals surface area (Å²) in [6.45, 7) is 1.78. The molecule has 2 N–H and O–H groups in total. The molecule has 2 bridgehead atoms. The van der Waals surface area contributed by atoms with Crippen molar-refractivity contribution in [1.82, 2.24) is 25.0 Å². The lowest BCUT2D eigenvalue weighted by molar-refractivity contribution is 0.0585. The molecule has 0 saturated carbocycles. The first-order valence-electron chi connectivity index (χ1n) is 11.2. The summed E-state index contributed by atoms with van der Waals surface area (Å²) in [4.78, 5) is 32.8. The smallest absolute Gasteiger partial charge is 0.407 e. The number of hydrogen-bond acceptors (Lipinski definition) is 7. The number of carbonyl (C=O) groups is 2. The fraction of sp³-hybridized carbons (Fsp3) is 0.333. The van der Waals surface area contributed by atoms with E-state index in [4.69, 9.17) is 9.47 Å². The Bertz CT molecular complexity index is 1330. The summed E-state index contributed by atoms with van der Waals surface area (Å²) in [5.41, 5.74) is 2.48. The Hall–Kier alpha value is -3.92. The molecule has 6 rings (SSSR count). The van der Waals surface area contributed by atoms with E-state index in [9.17, 15) is 14.7 Å². The van der Waals surface area contributed by atoms with Crippen LogP contribution >= 0.6 is 0 Å². The minimum atomic E-state index is -0.852. The summed E-state index contributed by atoms with van der Waals surface area (Å²) in [6, 6.07) is 7.17. The molecule has 2 aromatic heterocycles. The molecule has 3 aliphatic heterocycles. The number of nitrogens with zero attached hydrogens (tertiary/aromatic N) is 4. The zero-order valence-corrected chi connectivity index (χ0v) is 18.5. The Morgan fingerprint density at radius 1 is 1.29 bits per heavy atom. The van der Waals surface area contributed by atoms with Crippen LogP contribution in [0.5, 0.6) is 11.5 Å². The molecule has 3 aliphatic rings. The highest BCUT2D eigenvalue weighted by Gasteiger charge is 2.43. The summed E-state index contributed by atoms with van der Waals surface area (Å²) in [6.07, 6.45) is 4.18. The number of aromatic nitrogens is 3. The summed E-state index contributed by atoms with van der Waals surface area (Å²) >= 11 is 0. The van der Waals surface area contributed by atoms with Crippen molar-refractivity contribution < 1.29 is 24.2 Å². The Kier molecular flexibility index (Phi) is 4.77. The number of H-pyrrole nitrogens is 1. The summed E-state index contributed by atoms with van der Waals surface area (Å²) in [5, 5.41) is 17.5. The number of pyridine rings is 1. The maximum Gasteiger partial charge on any atom is 0.407 e. The van der Waals surface area contributed by atoms with Gasteiger partial charge in [-0.15, -0.1) is 0 Å². The minimum absolute atomic E-state index is 0.0152. The lowest BCUT2D eigenvalue weighted by Crippen LogP contribution is -2.55. The van der Waals surface area contributed by atoms with E-state index in [1.54, 1.807) is 36.4 Å². The van der Waals surface area contributed by atoms with Crippen molar-refractivity contribution in [2.75, 3.05) is 20.2 Å². The average molecular weight is 461 g/mol. The quantitative estimate of drug-likeness (QED) is 0.569. The second-order valence-electron chi connectivity index (χ2n) is 8.84. The van der Waals surface area contributed by atoms with Gasteiger partial charge in [-0.2, -0.15) is 5.10 Å². The number of allylic oxidation sites excluding steroid dienone is 1. The summed E-state index contributed by atoms with van der Waals surface area (Å²) < 4.78 is 11.7. The first-order valence-corrected chi connectivity index (χ1v) is 11.2. The molecule has 2 atom stereocenters. The molecule has 3 aromatic rings. The molecule has 174 valence electrons. The van der Waals surface area contributed by atoms with Gasteiger partial charge in [-0.1, -0.05) is 0 Å². The van der Waals surface area contributed by atoms with E-state index in [0.29, 0.717) is 48.0 Å². The average Bonchev–Trinajstić information content (AvgIpc) is 3.47. The van der Waals surface area contributed by atoms with Crippen LogP contribution in [0.2, 0.25) is 0 Å². The number of ether oxygens (including phenoxy) is 2. The SMILES string of the molecule is COc1ccc2c(c1CN1CC3CCC(C1)N3C(=O)O)O/C(=C\c1n[nH]c3ncccc13)C2=O. The van der Waals surface area contributed by atoms with Gasteiger partial charge in [0.25, 0.3) is 0 Å². The van der Waals surface area contributed by atoms with Crippen molar-refractivity contribution in [3.8, 4) is 11.5 Å². The van der Waals surface area contributed by atoms with Gasteiger partial charge in [0.2, 0.25) is 5.78 Å². The van der Waals surface area contributed by atoms with Crippen LogP contribution in [0.3, 0.4) is 0 Å². The Balaban J connectivity index is 1.31. The number of aromatic amines is 1. The zero-order valence-electron chi connectivity index (χ0n) is 18.5. The lowest BCUT2D eigenvalue weighted by Gasteiger charge is -2.39. The Morgan fingerprint density at radius 3 is 2.82 bits per heavy atom. The van der Waals surface area contributed by atoms with Crippen molar-refractivity contribution in [2.45, 2.75) is 31.5 Å². The maximum atomic E-state index is 13.2. The van der Waals surface area contributed by atoms with Crippen LogP contribution < -0.4 is 9.47 Å². The number of hydrogen-bond donors (Lipinski definition) is 2. The zero-order chi connectivity index (χ0) is 23.4. The van der Waals surface area contributed by atoms with Crippen LogP contribution in [-0.2, 0) is 6.54 Å². The van der Waals surface area contributed by atoms with Crippen LogP contribution in [0.1, 0.15) is 34.5 Å². The van der Waals surface area contributed by atoms with E-state index < -0.39 is 6.09 Å². The number of methoxy groups -OCH3 is 1. The van der Waals surface area contributed by atoms with Gasteiger partial charge in [0.1, 0.15) is 11.5 Å². The molecule has 5 heterocycles. The van der Waals surface area contributed by atoms with Gasteiger partial charge in [0.05, 0.1) is 23.9 Å². The number of carboxylic acid groups (broad SMARTS) is 1. The van der Waals surface area contributed by atoms with Crippen LogP contribution in [0.4, 0.5) is 4.79 Å². The molecule has 0 radical (unpaired) electrons. The van der Waals surface area contributed by atoms with Crippen molar-refractivity contribution >= 4 is 29.0 Å². The third-order valence-electron chi connectivity index (χ3n) is 6.91. The van der Waals surface area contributed by atoms with Crippen LogP contribution in [0.25, 0.3) is 17.1 Å². The second-order valence-corrected chi connectivity index (χ2v) is 8.84. The van der Waals surface area contributed by atoms with E-state index in [1.165, 1.54) is 0 Å². The monoisotopic (exact) mass is 461 g/mol. The lowest BCUT2D eigenvalue weighted by atomic mass is 10.0. The van der Waals surface area contributed by atoms with Gasteiger partial charge in [-0.05, 0) is 37.1 Å². The van der Waals surface area contributed by atoms with Crippen LogP contribution in [0.15, 0.2) is 36.2 Å². The van der Waals surface area contributed by atoms with E-state index >= 15 is 0 Å². The number of fused-ring (bicyclic) bond motifs is 4. The number of amides is 1. The van der Waals surface area contributed by atoms with Gasteiger partial charge < -0.3 is 14.6 Å². The van der Waals surface area contributed by atoms with Gasteiger partial charge in [0.15, 0.2) is 11.4 Å². The molecular formula is C24H23N5O5. The Morgan fingerprint density at radius 2 is 2.09 bits per heavy atom. The number of piperazine rings is 1. The van der Waals surface area contributed by atoms with E-state index in [-0.39, 0.29) is 23.6 Å². The second kappa shape index (κ2) is 7.84. The van der Waals surface area contributed by atoms with Crippen molar-refractivity contribution in [2.24, 2.45) is 0 Å². The van der Waals surface area contributed by atoms with Crippen molar-refractivity contribution in [3.63, 3.8) is 0 Å². The molecule has 2 unspecified atom stereocenters. The largest absolute Gasteiger partial charge is 0.496 e. The van der Waals surface area contributed by atoms with Crippen LogP contribution in [0, 0.1) is 0 Å². The summed E-state index contributed by atoms with van der Waals surface area (Å²) in [5.74, 6) is 1.10. The standard InChI is InChI=1S/C24H23N5O5/c1-33-19-7-6-16-21(30)20(9-18-15-3-2-8-25-23(15)27-26-18)34-22(16)17(19)12-28-10-13-4-5-14(11-28)29(13)24(31)32/h2-3,6-9,13-14H,4-5,10-12H2,1H3,(H,31,32)(H,25,26,27)/b20-9-. The molecule has 10 nitrogen and oxygen atoms in total. The molecule has 34 heavy (non-hydrogen) atoms.